The van der Waals surface area contributed by atoms with Crippen molar-refractivity contribution in [3.63, 3.8) is 0 Å². The van der Waals surface area contributed by atoms with Crippen LogP contribution in [0.3, 0.4) is 0 Å². The minimum Gasteiger partial charge on any atom is -0.371 e. The van der Waals surface area contributed by atoms with E-state index in [1.54, 1.807) is 0 Å². The lowest BCUT2D eigenvalue weighted by Crippen LogP contribution is -2.54. The Morgan fingerprint density at radius 1 is 0.870 bits per heavy atom. The monoisotopic (exact) mass is 308 g/mol. The van der Waals surface area contributed by atoms with Crippen molar-refractivity contribution in [2.45, 2.75) is 24.7 Å². The molecule has 23 heavy (non-hydrogen) atoms. The van der Waals surface area contributed by atoms with Gasteiger partial charge < -0.3 is 10.1 Å². The van der Waals surface area contributed by atoms with Crippen molar-refractivity contribution in [3.8, 4) is 0 Å². The molecule has 3 heteroatoms. The highest BCUT2D eigenvalue weighted by molar-refractivity contribution is 5.32. The Hall–Kier alpha value is -1.68. The van der Waals surface area contributed by atoms with Gasteiger partial charge in [0, 0.05) is 19.6 Å². The third kappa shape index (κ3) is 3.32. The molecule has 3 nitrogen and oxygen atoms in total. The summed E-state index contributed by atoms with van der Waals surface area (Å²) in [7, 11) is 0. The van der Waals surface area contributed by atoms with E-state index < -0.39 is 0 Å². The number of hydrogen-bond donors (Lipinski definition) is 1. The molecule has 0 aliphatic carbocycles. The van der Waals surface area contributed by atoms with Crippen LogP contribution < -0.4 is 5.32 Å². The van der Waals surface area contributed by atoms with Crippen LogP contribution in [0.2, 0.25) is 0 Å². The maximum Gasteiger partial charge on any atom is 0.0833 e. The molecule has 2 heterocycles. The van der Waals surface area contributed by atoms with Gasteiger partial charge in [-0.2, -0.15) is 0 Å². The van der Waals surface area contributed by atoms with E-state index in [1.165, 1.54) is 11.1 Å². The predicted octanol–water partition coefficient (Wildman–Crippen LogP) is 2.84. The first-order valence-electron chi connectivity index (χ1n) is 8.60. The van der Waals surface area contributed by atoms with Crippen LogP contribution in [0.5, 0.6) is 0 Å². The molecule has 0 unspecified atom stereocenters. The molecule has 4 rings (SSSR count). The van der Waals surface area contributed by atoms with E-state index >= 15 is 0 Å². The van der Waals surface area contributed by atoms with Gasteiger partial charge in [-0.25, -0.2) is 0 Å². The van der Waals surface area contributed by atoms with Gasteiger partial charge in [0.1, 0.15) is 0 Å². The number of hydrogen-bond acceptors (Lipinski definition) is 3. The molecule has 1 N–H and O–H groups in total. The Balaban J connectivity index is 1.47. The molecule has 0 bridgehead atoms. The first kappa shape index (κ1) is 14.9. The molecular formula is C20H24N2O. The fourth-order valence-electron chi connectivity index (χ4n) is 3.67. The SMILES string of the molecule is c1ccc(C(c2ccccc2)N2CC(O[C@H]3CCNC3)C2)cc1. The van der Waals surface area contributed by atoms with Gasteiger partial charge in [0.15, 0.2) is 0 Å². The summed E-state index contributed by atoms with van der Waals surface area (Å²) in [5, 5.41) is 3.37. The normalized spacial score (nSPS) is 22.4. The Morgan fingerprint density at radius 2 is 1.48 bits per heavy atom. The first-order chi connectivity index (χ1) is 11.4. The van der Waals surface area contributed by atoms with Gasteiger partial charge in [-0.05, 0) is 24.1 Å². The largest absolute Gasteiger partial charge is 0.371 e. The van der Waals surface area contributed by atoms with E-state index in [9.17, 15) is 0 Å². The molecule has 0 saturated carbocycles. The molecule has 2 fully saturated rings. The van der Waals surface area contributed by atoms with Crippen LogP contribution in [0.4, 0.5) is 0 Å². The minimum absolute atomic E-state index is 0.332. The van der Waals surface area contributed by atoms with Crippen molar-refractivity contribution >= 4 is 0 Å². The molecule has 120 valence electrons. The summed E-state index contributed by atoms with van der Waals surface area (Å²) in [6.45, 7) is 4.14. The zero-order valence-corrected chi connectivity index (χ0v) is 13.4. The van der Waals surface area contributed by atoms with Crippen LogP contribution in [0.25, 0.3) is 0 Å². The van der Waals surface area contributed by atoms with Crippen LogP contribution >= 0.6 is 0 Å². The molecule has 2 saturated heterocycles. The molecule has 2 aromatic rings. The number of nitrogens with zero attached hydrogens (tertiary/aromatic N) is 1. The summed E-state index contributed by atoms with van der Waals surface area (Å²) in [5.41, 5.74) is 2.72. The van der Waals surface area contributed by atoms with Gasteiger partial charge in [-0.3, -0.25) is 4.90 Å². The van der Waals surface area contributed by atoms with E-state index in [0.29, 0.717) is 18.2 Å². The molecule has 0 spiro atoms. The smallest absolute Gasteiger partial charge is 0.0833 e. The highest BCUT2D eigenvalue weighted by atomic mass is 16.5. The van der Waals surface area contributed by atoms with E-state index in [0.717, 1.165) is 32.6 Å². The topological polar surface area (TPSA) is 24.5 Å². The minimum atomic E-state index is 0.332. The van der Waals surface area contributed by atoms with Gasteiger partial charge in [0.25, 0.3) is 0 Å². The fourth-order valence-corrected chi connectivity index (χ4v) is 3.67. The zero-order valence-electron chi connectivity index (χ0n) is 13.4. The Bertz CT molecular complexity index is 565. The molecule has 2 aromatic carbocycles. The van der Waals surface area contributed by atoms with E-state index in [4.69, 9.17) is 4.74 Å². The lowest BCUT2D eigenvalue weighted by Gasteiger charge is -2.45. The lowest BCUT2D eigenvalue weighted by atomic mass is 9.94. The predicted molar refractivity (Wildman–Crippen MR) is 92.4 cm³/mol. The second kappa shape index (κ2) is 6.83. The molecule has 2 aliphatic rings. The van der Waals surface area contributed by atoms with Gasteiger partial charge in [0.05, 0.1) is 18.2 Å². The summed E-state index contributed by atoms with van der Waals surface area (Å²) in [6, 6.07) is 21.9. The summed E-state index contributed by atoms with van der Waals surface area (Å²) in [6.07, 6.45) is 1.95. The van der Waals surface area contributed by atoms with Crippen molar-refractivity contribution in [1.29, 1.82) is 0 Å². The van der Waals surface area contributed by atoms with Crippen LogP contribution in [0, 0.1) is 0 Å². The molecule has 0 aromatic heterocycles. The number of nitrogens with one attached hydrogen (secondary N) is 1. The molecule has 0 radical (unpaired) electrons. The molecule has 2 aliphatic heterocycles. The van der Waals surface area contributed by atoms with Crippen LogP contribution in [0.15, 0.2) is 60.7 Å². The van der Waals surface area contributed by atoms with Crippen molar-refractivity contribution < 1.29 is 4.74 Å². The van der Waals surface area contributed by atoms with E-state index in [2.05, 4.69) is 70.9 Å². The Morgan fingerprint density at radius 3 is 2.00 bits per heavy atom. The fraction of sp³-hybridized carbons (Fsp3) is 0.400. The zero-order chi connectivity index (χ0) is 15.5. The molecular weight excluding hydrogens is 284 g/mol. The van der Waals surface area contributed by atoms with E-state index in [1.807, 2.05) is 0 Å². The second-order valence-corrected chi connectivity index (χ2v) is 6.55. The average molecular weight is 308 g/mol. The molecule has 0 amide bonds. The first-order valence-corrected chi connectivity index (χ1v) is 8.60. The Labute approximate surface area is 138 Å². The number of likely N-dealkylation sites (tertiary alicyclic amines) is 1. The van der Waals surface area contributed by atoms with Gasteiger partial charge >= 0.3 is 0 Å². The van der Waals surface area contributed by atoms with E-state index in [-0.39, 0.29) is 0 Å². The maximum absolute atomic E-state index is 6.20. The van der Waals surface area contributed by atoms with Crippen LogP contribution in [0.1, 0.15) is 23.6 Å². The Kier molecular flexibility index (Phi) is 4.42. The van der Waals surface area contributed by atoms with Crippen molar-refractivity contribution in [1.82, 2.24) is 10.2 Å². The summed E-state index contributed by atoms with van der Waals surface area (Å²) < 4.78 is 6.20. The van der Waals surface area contributed by atoms with Gasteiger partial charge in [0.2, 0.25) is 0 Å². The number of rotatable bonds is 5. The quantitative estimate of drug-likeness (QED) is 0.919. The van der Waals surface area contributed by atoms with Crippen molar-refractivity contribution in [2.24, 2.45) is 0 Å². The second-order valence-electron chi connectivity index (χ2n) is 6.55. The van der Waals surface area contributed by atoms with Crippen molar-refractivity contribution in [2.75, 3.05) is 26.2 Å². The van der Waals surface area contributed by atoms with Crippen molar-refractivity contribution in [3.05, 3.63) is 71.8 Å². The standard InChI is InChI=1S/C20H24N2O/c1-3-7-16(8-4-1)20(17-9-5-2-6-10-17)22-14-19(15-22)23-18-11-12-21-13-18/h1-10,18-21H,11-15H2/t18-/m0/s1. The number of benzene rings is 2. The number of ether oxygens (including phenoxy) is 1. The summed E-state index contributed by atoms with van der Waals surface area (Å²) >= 11 is 0. The van der Waals surface area contributed by atoms with Crippen LogP contribution in [-0.2, 0) is 4.74 Å². The van der Waals surface area contributed by atoms with Gasteiger partial charge in [-0.1, -0.05) is 60.7 Å². The summed E-state index contributed by atoms with van der Waals surface area (Å²) in [4.78, 5) is 2.53. The highest BCUT2D eigenvalue weighted by Crippen LogP contribution is 2.33. The third-order valence-electron chi connectivity index (χ3n) is 4.87. The third-order valence-corrected chi connectivity index (χ3v) is 4.87. The summed E-state index contributed by atoms with van der Waals surface area (Å²) in [5.74, 6) is 0. The maximum atomic E-state index is 6.20. The average Bonchev–Trinajstić information content (AvgIpc) is 3.08. The lowest BCUT2D eigenvalue weighted by molar-refractivity contribution is -0.0950. The highest BCUT2D eigenvalue weighted by Gasteiger charge is 2.36. The van der Waals surface area contributed by atoms with Crippen LogP contribution in [-0.4, -0.2) is 43.3 Å². The van der Waals surface area contributed by atoms with Gasteiger partial charge in [-0.15, -0.1) is 0 Å². The molecule has 1 atom stereocenters.